The third-order valence-corrected chi connectivity index (χ3v) is 6.02. The number of carbonyl (C=O) groups excluding carboxylic acids is 1. The number of nitrogens with one attached hydrogen (secondary N) is 1. The van der Waals surface area contributed by atoms with Gasteiger partial charge in [-0.05, 0) is 56.7 Å². The second-order valence-corrected chi connectivity index (χ2v) is 8.67. The number of fused-ring (bicyclic) bond motifs is 1. The monoisotopic (exact) mass is 425 g/mol. The molecule has 3 rings (SSSR count). The van der Waals surface area contributed by atoms with Gasteiger partial charge in [-0.2, -0.15) is 0 Å². The van der Waals surface area contributed by atoms with Crippen LogP contribution in [0, 0.1) is 0 Å². The highest BCUT2D eigenvalue weighted by molar-refractivity contribution is 7.99. The van der Waals surface area contributed by atoms with E-state index in [1.807, 2.05) is 50.2 Å². The molecule has 0 saturated carbocycles. The van der Waals surface area contributed by atoms with Crippen molar-refractivity contribution in [2.45, 2.75) is 37.2 Å². The van der Waals surface area contributed by atoms with Crippen LogP contribution in [0.4, 0.5) is 10.5 Å². The molecule has 1 aliphatic heterocycles. The average Bonchev–Trinajstić information content (AvgIpc) is 2.60. The molecule has 0 radical (unpaired) electrons. The number of hydrogen-bond acceptors (Lipinski definition) is 4. The van der Waals surface area contributed by atoms with Crippen LogP contribution < -0.4 is 10.1 Å². The van der Waals surface area contributed by atoms with Gasteiger partial charge in [0.1, 0.15) is 11.4 Å². The molecule has 1 amide bonds. The lowest BCUT2D eigenvalue weighted by atomic mass is 9.94. The van der Waals surface area contributed by atoms with E-state index < -0.39 is 11.7 Å². The van der Waals surface area contributed by atoms with E-state index in [-0.39, 0.29) is 0 Å². The Bertz CT molecular complexity index is 842. The first-order chi connectivity index (χ1) is 12.9. The molecule has 0 aromatic heterocycles. The minimum atomic E-state index is -0.673. The van der Waals surface area contributed by atoms with E-state index in [0.29, 0.717) is 28.1 Å². The van der Waals surface area contributed by atoms with Gasteiger partial charge in [-0.25, -0.2) is 4.79 Å². The average molecular weight is 426 g/mol. The number of halogens is 2. The van der Waals surface area contributed by atoms with Crippen LogP contribution in [0.2, 0.25) is 10.0 Å². The van der Waals surface area contributed by atoms with Crippen LogP contribution in [0.15, 0.2) is 41.3 Å². The highest BCUT2D eigenvalue weighted by atomic mass is 35.5. The smallest absolute Gasteiger partial charge is 0.412 e. The molecule has 0 fully saturated rings. The Morgan fingerprint density at radius 2 is 1.96 bits per heavy atom. The van der Waals surface area contributed by atoms with Crippen molar-refractivity contribution in [3.8, 4) is 5.75 Å². The summed E-state index contributed by atoms with van der Waals surface area (Å²) in [5.74, 6) is 1.64. The molecule has 1 heterocycles. The number of carbonyl (C=O) groups is 1. The van der Waals surface area contributed by atoms with E-state index >= 15 is 0 Å². The topological polar surface area (TPSA) is 47.6 Å². The lowest BCUT2D eigenvalue weighted by Gasteiger charge is -2.33. The summed E-state index contributed by atoms with van der Waals surface area (Å²) in [7, 11) is 0. The maximum absolute atomic E-state index is 11.8. The lowest BCUT2D eigenvalue weighted by Crippen LogP contribution is -2.34. The van der Waals surface area contributed by atoms with Crippen molar-refractivity contribution in [2.24, 2.45) is 0 Å². The lowest BCUT2D eigenvalue weighted by molar-refractivity contribution is 0.0416. The number of para-hydroxylation sites is 1. The standard InChI is InChI=1S/C20H21Cl2NO3S/c1-20(2)14-6-5-7-17(18(14)23-19(24)26-20)25-10-3-4-11-27-13-8-9-15(21)16(22)12-13/h5-9,12H,3-4,10-11H2,1-2H3,(H,23,24). The molecular weight excluding hydrogens is 405 g/mol. The fourth-order valence-corrected chi connectivity index (χ4v) is 4.15. The number of cyclic esters (lactones) is 1. The third-order valence-electron chi connectivity index (χ3n) is 4.21. The Balaban J connectivity index is 1.49. The Hall–Kier alpha value is -1.56. The summed E-state index contributed by atoms with van der Waals surface area (Å²) in [6, 6.07) is 11.4. The Morgan fingerprint density at radius 3 is 2.74 bits per heavy atom. The third kappa shape index (κ3) is 5.03. The van der Waals surface area contributed by atoms with E-state index in [4.69, 9.17) is 32.7 Å². The van der Waals surface area contributed by atoms with Gasteiger partial charge in [0.25, 0.3) is 0 Å². The van der Waals surface area contributed by atoms with Gasteiger partial charge in [0.15, 0.2) is 0 Å². The fourth-order valence-electron chi connectivity index (χ4n) is 2.84. The van der Waals surface area contributed by atoms with Crippen molar-refractivity contribution in [3.05, 3.63) is 52.0 Å². The van der Waals surface area contributed by atoms with Gasteiger partial charge in [-0.3, -0.25) is 5.32 Å². The van der Waals surface area contributed by atoms with Gasteiger partial charge in [0, 0.05) is 10.5 Å². The van der Waals surface area contributed by atoms with E-state index in [2.05, 4.69) is 5.32 Å². The second-order valence-electron chi connectivity index (χ2n) is 6.68. The number of thioether (sulfide) groups is 1. The van der Waals surface area contributed by atoms with Gasteiger partial charge in [0.05, 0.1) is 22.3 Å². The Labute approximate surface area is 173 Å². The number of unbranched alkanes of at least 4 members (excludes halogenated alkanes) is 1. The van der Waals surface area contributed by atoms with Gasteiger partial charge < -0.3 is 9.47 Å². The van der Waals surface area contributed by atoms with Crippen LogP contribution in [0.3, 0.4) is 0 Å². The molecule has 1 aliphatic rings. The minimum Gasteiger partial charge on any atom is -0.491 e. The number of benzene rings is 2. The van der Waals surface area contributed by atoms with Crippen molar-refractivity contribution in [1.82, 2.24) is 0 Å². The fraction of sp³-hybridized carbons (Fsp3) is 0.350. The molecule has 1 N–H and O–H groups in total. The van der Waals surface area contributed by atoms with Crippen molar-refractivity contribution in [1.29, 1.82) is 0 Å². The highest BCUT2D eigenvalue weighted by Crippen LogP contribution is 2.40. The van der Waals surface area contributed by atoms with Crippen LogP contribution >= 0.6 is 35.0 Å². The van der Waals surface area contributed by atoms with Crippen LogP contribution in [-0.2, 0) is 10.3 Å². The van der Waals surface area contributed by atoms with Gasteiger partial charge >= 0.3 is 6.09 Å². The zero-order chi connectivity index (χ0) is 19.4. The maximum Gasteiger partial charge on any atom is 0.412 e. The van der Waals surface area contributed by atoms with E-state index in [1.165, 1.54) is 0 Å². The van der Waals surface area contributed by atoms with Crippen molar-refractivity contribution >= 4 is 46.7 Å². The van der Waals surface area contributed by atoms with Crippen LogP contribution in [-0.4, -0.2) is 18.5 Å². The number of rotatable bonds is 7. The van der Waals surface area contributed by atoms with Crippen LogP contribution in [0.1, 0.15) is 32.3 Å². The molecule has 2 aromatic carbocycles. The molecule has 0 bridgehead atoms. The summed E-state index contributed by atoms with van der Waals surface area (Å²) in [5, 5.41) is 3.90. The van der Waals surface area contributed by atoms with E-state index in [9.17, 15) is 4.79 Å². The number of ether oxygens (including phenoxy) is 2. The summed E-state index contributed by atoms with van der Waals surface area (Å²) in [5.41, 5.74) is 0.937. The minimum absolute atomic E-state index is 0.457. The van der Waals surface area contributed by atoms with Gasteiger partial charge in [-0.1, -0.05) is 35.3 Å². The van der Waals surface area contributed by atoms with Crippen molar-refractivity contribution in [3.63, 3.8) is 0 Å². The first kappa shape index (κ1) is 20.2. The molecule has 0 unspecified atom stereocenters. The molecule has 0 aliphatic carbocycles. The second kappa shape index (κ2) is 8.63. The molecule has 144 valence electrons. The Morgan fingerprint density at radius 1 is 1.15 bits per heavy atom. The maximum atomic E-state index is 11.8. The summed E-state index contributed by atoms with van der Waals surface area (Å²) < 4.78 is 11.3. The highest BCUT2D eigenvalue weighted by Gasteiger charge is 2.34. The largest absolute Gasteiger partial charge is 0.491 e. The molecule has 4 nitrogen and oxygen atoms in total. The zero-order valence-electron chi connectivity index (χ0n) is 15.2. The molecule has 0 atom stereocenters. The van der Waals surface area contributed by atoms with Gasteiger partial charge in [-0.15, -0.1) is 11.8 Å². The molecule has 2 aromatic rings. The predicted molar refractivity (Wildman–Crippen MR) is 111 cm³/mol. The SMILES string of the molecule is CC1(C)OC(=O)Nc2c(OCCCCSc3ccc(Cl)c(Cl)c3)cccc21. The summed E-state index contributed by atoms with van der Waals surface area (Å²) in [6.07, 6.45) is 1.45. The summed E-state index contributed by atoms with van der Waals surface area (Å²) in [6.45, 7) is 4.32. The number of anilines is 1. The number of hydrogen-bond donors (Lipinski definition) is 1. The quantitative estimate of drug-likeness (QED) is 0.393. The molecule has 27 heavy (non-hydrogen) atoms. The summed E-state index contributed by atoms with van der Waals surface area (Å²) in [4.78, 5) is 12.9. The molecular formula is C20H21Cl2NO3S. The first-order valence-electron chi connectivity index (χ1n) is 8.71. The predicted octanol–water partition coefficient (Wildman–Crippen LogP) is 6.74. The van der Waals surface area contributed by atoms with Gasteiger partial charge in [0.2, 0.25) is 0 Å². The van der Waals surface area contributed by atoms with Crippen LogP contribution in [0.25, 0.3) is 0 Å². The zero-order valence-corrected chi connectivity index (χ0v) is 17.5. The van der Waals surface area contributed by atoms with E-state index in [1.54, 1.807) is 11.8 Å². The number of amides is 1. The van der Waals surface area contributed by atoms with Crippen molar-refractivity contribution < 1.29 is 14.3 Å². The summed E-state index contributed by atoms with van der Waals surface area (Å²) >= 11 is 13.7. The van der Waals surface area contributed by atoms with E-state index in [0.717, 1.165) is 29.1 Å². The Kier molecular flexibility index (Phi) is 6.45. The molecule has 7 heteroatoms. The van der Waals surface area contributed by atoms with Crippen molar-refractivity contribution in [2.75, 3.05) is 17.7 Å². The normalized spacial score (nSPS) is 14.9. The molecule has 0 spiro atoms. The first-order valence-corrected chi connectivity index (χ1v) is 10.4. The van der Waals surface area contributed by atoms with Crippen LogP contribution in [0.5, 0.6) is 5.75 Å². The molecule has 0 saturated heterocycles.